The van der Waals surface area contributed by atoms with E-state index in [1.807, 2.05) is 23.1 Å². The van der Waals surface area contributed by atoms with Crippen LogP contribution >= 0.6 is 11.3 Å². The zero-order valence-electron chi connectivity index (χ0n) is 13.2. The number of thiophene rings is 1. The summed E-state index contributed by atoms with van der Waals surface area (Å²) in [6.45, 7) is 2.78. The Labute approximate surface area is 143 Å². The molecule has 0 aliphatic carbocycles. The van der Waals surface area contributed by atoms with E-state index >= 15 is 0 Å². The van der Waals surface area contributed by atoms with Crippen molar-refractivity contribution in [3.63, 3.8) is 0 Å². The van der Waals surface area contributed by atoms with E-state index in [4.69, 9.17) is 0 Å². The van der Waals surface area contributed by atoms with Crippen molar-refractivity contribution in [1.29, 1.82) is 0 Å². The smallest absolute Gasteiger partial charge is 0.250 e. The number of likely N-dealkylation sites (tertiary alicyclic amines) is 1. The Morgan fingerprint density at radius 2 is 2.04 bits per heavy atom. The maximum Gasteiger partial charge on any atom is 0.250 e. The highest BCUT2D eigenvalue weighted by atomic mass is 32.1. The van der Waals surface area contributed by atoms with Gasteiger partial charge in [0.05, 0.1) is 6.04 Å². The maximum absolute atomic E-state index is 12.7. The Kier molecular flexibility index (Phi) is 3.86. The number of aryl methyl sites for hydroxylation is 1. The molecule has 6 nitrogen and oxygen atoms in total. The Morgan fingerprint density at radius 3 is 2.75 bits per heavy atom. The fraction of sp³-hybridized carbons (Fsp3) is 0.294. The number of nitrogens with zero attached hydrogens (tertiary/aromatic N) is 5. The van der Waals surface area contributed by atoms with Gasteiger partial charge in [-0.2, -0.15) is 0 Å². The van der Waals surface area contributed by atoms with Gasteiger partial charge in [-0.3, -0.25) is 4.79 Å². The van der Waals surface area contributed by atoms with Gasteiger partial charge in [0.15, 0.2) is 6.04 Å². The van der Waals surface area contributed by atoms with Crippen molar-refractivity contribution in [2.24, 2.45) is 0 Å². The minimum atomic E-state index is -0.357. The molecule has 2 aromatic heterocycles. The van der Waals surface area contributed by atoms with Gasteiger partial charge >= 0.3 is 0 Å². The minimum Gasteiger partial charge on any atom is -0.331 e. The second-order valence-electron chi connectivity index (χ2n) is 5.90. The molecular formula is C17H17N5OS. The third-order valence-corrected chi connectivity index (χ3v) is 5.44. The summed E-state index contributed by atoms with van der Waals surface area (Å²) in [4.78, 5) is 16.0. The topological polar surface area (TPSA) is 63.9 Å². The van der Waals surface area contributed by atoms with Crippen molar-refractivity contribution in [2.45, 2.75) is 25.4 Å². The second kappa shape index (κ2) is 6.16. The summed E-state index contributed by atoms with van der Waals surface area (Å²) >= 11 is 1.72. The molecule has 0 bridgehead atoms. The highest BCUT2D eigenvalue weighted by Gasteiger charge is 2.50. The highest BCUT2D eigenvalue weighted by molar-refractivity contribution is 7.09. The highest BCUT2D eigenvalue weighted by Crippen LogP contribution is 2.43. The number of carbonyl (C=O) groups is 1. The van der Waals surface area contributed by atoms with E-state index in [2.05, 4.69) is 46.0 Å². The molecule has 0 radical (unpaired) electrons. The van der Waals surface area contributed by atoms with Crippen molar-refractivity contribution in [3.8, 4) is 0 Å². The zero-order chi connectivity index (χ0) is 16.5. The van der Waals surface area contributed by atoms with Crippen molar-refractivity contribution < 1.29 is 4.79 Å². The van der Waals surface area contributed by atoms with Crippen LogP contribution in [0.5, 0.6) is 0 Å². The van der Waals surface area contributed by atoms with Crippen molar-refractivity contribution in [1.82, 2.24) is 25.1 Å². The van der Waals surface area contributed by atoms with Crippen LogP contribution in [0.15, 0.2) is 48.1 Å². The summed E-state index contributed by atoms with van der Waals surface area (Å²) in [7, 11) is 0. The van der Waals surface area contributed by atoms with Crippen molar-refractivity contribution in [3.05, 3.63) is 64.1 Å². The number of carbonyl (C=O) groups excluding carboxylic acids is 1. The van der Waals surface area contributed by atoms with E-state index in [0.29, 0.717) is 6.54 Å². The number of tetrazole rings is 1. The van der Waals surface area contributed by atoms with Gasteiger partial charge in [-0.15, -0.1) is 16.4 Å². The molecule has 4 rings (SSSR count). The summed E-state index contributed by atoms with van der Waals surface area (Å²) < 4.78 is 1.57. The summed E-state index contributed by atoms with van der Waals surface area (Å²) in [5.41, 5.74) is 2.33. The first kappa shape index (κ1) is 15.0. The van der Waals surface area contributed by atoms with E-state index in [0.717, 1.165) is 12.0 Å². The Bertz CT molecular complexity index is 831. The van der Waals surface area contributed by atoms with Crippen LogP contribution in [0.25, 0.3) is 0 Å². The SMILES string of the molecule is Cc1ccccc1C1C(n2cnnn2)C(=O)N1CCc1cccs1. The number of benzene rings is 1. The summed E-state index contributed by atoms with van der Waals surface area (Å²) in [6, 6.07) is 12.0. The van der Waals surface area contributed by atoms with Crippen molar-refractivity contribution in [2.75, 3.05) is 6.54 Å². The predicted molar refractivity (Wildman–Crippen MR) is 90.5 cm³/mol. The van der Waals surface area contributed by atoms with Gasteiger partial charge in [-0.25, -0.2) is 4.68 Å². The van der Waals surface area contributed by atoms with Crippen LogP contribution in [0.3, 0.4) is 0 Å². The Balaban J connectivity index is 1.63. The molecule has 1 aliphatic rings. The summed E-state index contributed by atoms with van der Waals surface area (Å²) in [6.07, 6.45) is 2.39. The average molecular weight is 339 g/mol. The lowest BCUT2D eigenvalue weighted by Gasteiger charge is -2.47. The standard InChI is InChI=1S/C17H17N5OS/c1-12-5-2-3-7-14(12)15-16(22-11-18-19-20-22)17(23)21(15)9-8-13-6-4-10-24-13/h2-7,10-11,15-16H,8-9H2,1H3. The van der Waals surface area contributed by atoms with Crippen LogP contribution in [0.4, 0.5) is 0 Å². The monoisotopic (exact) mass is 339 g/mol. The molecule has 3 aromatic rings. The first-order valence-corrected chi connectivity index (χ1v) is 8.74. The molecule has 1 aliphatic heterocycles. The van der Waals surface area contributed by atoms with E-state index in [-0.39, 0.29) is 18.0 Å². The van der Waals surface area contributed by atoms with Gasteiger partial charge < -0.3 is 4.90 Å². The van der Waals surface area contributed by atoms with Crippen molar-refractivity contribution >= 4 is 17.2 Å². The van der Waals surface area contributed by atoms with E-state index < -0.39 is 0 Å². The first-order chi connectivity index (χ1) is 11.8. The lowest BCUT2D eigenvalue weighted by Crippen LogP contribution is -2.56. The second-order valence-corrected chi connectivity index (χ2v) is 6.93. The molecule has 1 fully saturated rings. The summed E-state index contributed by atoms with van der Waals surface area (Å²) in [5, 5.41) is 13.4. The Hall–Kier alpha value is -2.54. The molecule has 7 heteroatoms. The lowest BCUT2D eigenvalue weighted by molar-refractivity contribution is -0.155. The number of amides is 1. The van der Waals surface area contributed by atoms with E-state index in [1.54, 1.807) is 16.0 Å². The molecular weight excluding hydrogens is 322 g/mol. The number of rotatable bonds is 5. The maximum atomic E-state index is 12.7. The van der Waals surface area contributed by atoms with Crippen LogP contribution in [-0.4, -0.2) is 37.6 Å². The fourth-order valence-electron chi connectivity index (χ4n) is 3.28. The molecule has 1 amide bonds. The third kappa shape index (κ3) is 2.50. The van der Waals surface area contributed by atoms with Gasteiger partial charge in [0, 0.05) is 11.4 Å². The van der Waals surface area contributed by atoms with E-state index in [1.165, 1.54) is 16.8 Å². The molecule has 1 saturated heterocycles. The molecule has 3 heterocycles. The van der Waals surface area contributed by atoms with Gasteiger partial charge in [-0.1, -0.05) is 30.3 Å². The number of hydrogen-bond acceptors (Lipinski definition) is 5. The van der Waals surface area contributed by atoms with Crippen LogP contribution in [0.1, 0.15) is 28.1 Å². The normalized spacial score (nSPS) is 20.2. The fourth-order valence-corrected chi connectivity index (χ4v) is 3.97. The molecule has 0 N–H and O–H groups in total. The molecule has 0 spiro atoms. The lowest BCUT2D eigenvalue weighted by atomic mass is 9.86. The number of β-lactam (4-membered cyclic amide) rings is 1. The van der Waals surface area contributed by atoms with Gasteiger partial charge in [0.25, 0.3) is 5.91 Å². The molecule has 1 aromatic carbocycles. The quantitative estimate of drug-likeness (QED) is 0.670. The third-order valence-electron chi connectivity index (χ3n) is 4.51. The number of hydrogen-bond donors (Lipinski definition) is 0. The van der Waals surface area contributed by atoms with Crippen LogP contribution in [0.2, 0.25) is 0 Å². The zero-order valence-corrected chi connectivity index (χ0v) is 14.1. The molecule has 24 heavy (non-hydrogen) atoms. The predicted octanol–water partition coefficient (Wildman–Crippen LogP) is 2.41. The van der Waals surface area contributed by atoms with Gasteiger partial charge in [-0.05, 0) is 46.3 Å². The number of aromatic nitrogens is 4. The Morgan fingerprint density at radius 1 is 1.17 bits per heavy atom. The van der Waals surface area contributed by atoms with Crippen LogP contribution in [0, 0.1) is 6.92 Å². The van der Waals surface area contributed by atoms with Gasteiger partial charge in [0.1, 0.15) is 6.33 Å². The first-order valence-electron chi connectivity index (χ1n) is 7.86. The van der Waals surface area contributed by atoms with Crippen LogP contribution in [-0.2, 0) is 11.2 Å². The molecule has 122 valence electrons. The van der Waals surface area contributed by atoms with Crippen LogP contribution < -0.4 is 0 Å². The molecule has 0 saturated carbocycles. The summed E-state index contributed by atoms with van der Waals surface area (Å²) in [5.74, 6) is 0.0760. The van der Waals surface area contributed by atoms with E-state index in [9.17, 15) is 4.79 Å². The van der Waals surface area contributed by atoms with Gasteiger partial charge in [0.2, 0.25) is 0 Å². The molecule has 2 atom stereocenters. The molecule has 2 unspecified atom stereocenters. The minimum absolute atomic E-state index is 0.0258. The largest absolute Gasteiger partial charge is 0.331 e. The average Bonchev–Trinajstić information content (AvgIpc) is 3.27.